The first-order valence-corrected chi connectivity index (χ1v) is 10.2. The highest BCUT2D eigenvalue weighted by Crippen LogP contribution is 2.31. The first-order valence-electron chi connectivity index (χ1n) is 9.41. The van der Waals surface area contributed by atoms with E-state index in [1.807, 2.05) is 48.5 Å². The third-order valence-electron chi connectivity index (χ3n) is 4.78. The Balaban J connectivity index is 1.33. The maximum absolute atomic E-state index is 12.6. The number of amides is 1. The first-order chi connectivity index (χ1) is 14.3. The molecule has 29 heavy (non-hydrogen) atoms. The van der Waals surface area contributed by atoms with Gasteiger partial charge in [0.25, 0.3) is 5.91 Å². The fourth-order valence-corrected chi connectivity index (χ4v) is 4.30. The van der Waals surface area contributed by atoms with E-state index in [0.29, 0.717) is 5.56 Å². The highest BCUT2D eigenvalue weighted by molar-refractivity contribution is 7.22. The van der Waals surface area contributed by atoms with E-state index in [0.717, 1.165) is 53.0 Å². The van der Waals surface area contributed by atoms with Gasteiger partial charge in [-0.05, 0) is 30.3 Å². The number of rotatable bonds is 4. The number of hydrogen-bond donors (Lipinski definition) is 1. The van der Waals surface area contributed by atoms with Crippen molar-refractivity contribution in [1.29, 1.82) is 0 Å². The summed E-state index contributed by atoms with van der Waals surface area (Å²) >= 11 is 1.63. The summed E-state index contributed by atoms with van der Waals surface area (Å²) in [5, 5.41) is 8.24. The molecule has 1 fully saturated rings. The molecule has 1 aliphatic rings. The zero-order valence-electron chi connectivity index (χ0n) is 15.6. The van der Waals surface area contributed by atoms with Gasteiger partial charge < -0.3 is 15.0 Å². The Morgan fingerprint density at radius 3 is 2.76 bits per heavy atom. The van der Waals surface area contributed by atoms with Crippen LogP contribution >= 0.6 is 11.3 Å². The predicted octanol–water partition coefficient (Wildman–Crippen LogP) is 3.57. The van der Waals surface area contributed by atoms with Crippen molar-refractivity contribution in [2.24, 2.45) is 0 Å². The fraction of sp³-hybridized carbons (Fsp3) is 0.190. The SMILES string of the molecule is O=C(Nc1ccc2nc(N3CCOCC3)sc2c1)c1cnn(-c2ccccc2)c1. The minimum Gasteiger partial charge on any atom is -0.378 e. The number of ether oxygens (including phenoxy) is 1. The van der Waals surface area contributed by atoms with Gasteiger partial charge in [-0.2, -0.15) is 5.10 Å². The molecular weight excluding hydrogens is 386 g/mol. The van der Waals surface area contributed by atoms with Crippen LogP contribution in [0.2, 0.25) is 0 Å². The number of anilines is 2. The predicted molar refractivity (Wildman–Crippen MR) is 114 cm³/mol. The second kappa shape index (κ2) is 7.65. The van der Waals surface area contributed by atoms with Gasteiger partial charge in [0.1, 0.15) is 0 Å². The summed E-state index contributed by atoms with van der Waals surface area (Å²) in [7, 11) is 0. The highest BCUT2D eigenvalue weighted by Gasteiger charge is 2.16. The molecule has 1 saturated heterocycles. The van der Waals surface area contributed by atoms with Crippen LogP contribution in [0.25, 0.3) is 15.9 Å². The lowest BCUT2D eigenvalue weighted by atomic mass is 10.2. The molecule has 0 saturated carbocycles. The largest absolute Gasteiger partial charge is 0.378 e. The Morgan fingerprint density at radius 1 is 1.10 bits per heavy atom. The van der Waals surface area contributed by atoms with Crippen molar-refractivity contribution < 1.29 is 9.53 Å². The smallest absolute Gasteiger partial charge is 0.258 e. The molecule has 1 aliphatic heterocycles. The quantitative estimate of drug-likeness (QED) is 0.562. The average Bonchev–Trinajstić information content (AvgIpc) is 3.42. The van der Waals surface area contributed by atoms with E-state index >= 15 is 0 Å². The molecule has 8 heteroatoms. The summed E-state index contributed by atoms with van der Waals surface area (Å²) < 4.78 is 8.15. The fourth-order valence-electron chi connectivity index (χ4n) is 3.25. The van der Waals surface area contributed by atoms with Gasteiger partial charge in [0.15, 0.2) is 5.13 Å². The molecule has 7 nitrogen and oxygen atoms in total. The summed E-state index contributed by atoms with van der Waals surface area (Å²) in [5.74, 6) is -0.190. The molecule has 0 aliphatic carbocycles. The van der Waals surface area contributed by atoms with Crippen molar-refractivity contribution >= 4 is 38.3 Å². The number of benzene rings is 2. The standard InChI is InChI=1S/C21H19N5O2S/c27-20(15-13-22-26(14-15)17-4-2-1-3-5-17)23-16-6-7-18-19(12-16)29-21(24-18)25-8-10-28-11-9-25/h1-7,12-14H,8-11H2,(H,23,27). The Labute approximate surface area is 171 Å². The lowest BCUT2D eigenvalue weighted by molar-refractivity contribution is 0.102. The minimum atomic E-state index is -0.190. The number of morpholine rings is 1. The Hall–Kier alpha value is -3.23. The van der Waals surface area contributed by atoms with Gasteiger partial charge in [-0.25, -0.2) is 9.67 Å². The molecule has 1 N–H and O–H groups in total. The van der Waals surface area contributed by atoms with Crippen molar-refractivity contribution in [3.63, 3.8) is 0 Å². The average molecular weight is 405 g/mol. The summed E-state index contributed by atoms with van der Waals surface area (Å²) in [6, 6.07) is 15.5. The zero-order chi connectivity index (χ0) is 19.6. The molecule has 0 spiro atoms. The van der Waals surface area contributed by atoms with Gasteiger partial charge >= 0.3 is 0 Å². The van der Waals surface area contributed by atoms with Gasteiger partial charge in [0.2, 0.25) is 0 Å². The van der Waals surface area contributed by atoms with Crippen LogP contribution < -0.4 is 10.2 Å². The highest BCUT2D eigenvalue weighted by atomic mass is 32.1. The number of carbonyl (C=O) groups excluding carboxylic acids is 1. The van der Waals surface area contributed by atoms with Gasteiger partial charge in [-0.1, -0.05) is 29.5 Å². The van der Waals surface area contributed by atoms with Crippen LogP contribution in [0.5, 0.6) is 0 Å². The van der Waals surface area contributed by atoms with Crippen LogP contribution in [0.1, 0.15) is 10.4 Å². The molecular formula is C21H19N5O2S. The molecule has 0 bridgehead atoms. The first kappa shape index (κ1) is 17.8. The number of hydrogen-bond acceptors (Lipinski definition) is 6. The van der Waals surface area contributed by atoms with Crippen LogP contribution in [0, 0.1) is 0 Å². The molecule has 4 aromatic rings. The topological polar surface area (TPSA) is 72.3 Å². The van der Waals surface area contributed by atoms with E-state index in [1.54, 1.807) is 28.4 Å². The van der Waals surface area contributed by atoms with Crippen LogP contribution in [0.15, 0.2) is 60.9 Å². The molecule has 2 aromatic carbocycles. The number of nitrogens with one attached hydrogen (secondary N) is 1. The zero-order valence-corrected chi connectivity index (χ0v) is 16.4. The van der Waals surface area contributed by atoms with Gasteiger partial charge in [0, 0.05) is 25.0 Å². The van der Waals surface area contributed by atoms with Gasteiger partial charge in [-0.3, -0.25) is 4.79 Å². The normalized spacial score (nSPS) is 14.3. The van der Waals surface area contributed by atoms with E-state index in [9.17, 15) is 4.79 Å². The molecule has 3 heterocycles. The number of fused-ring (bicyclic) bond motifs is 1. The van der Waals surface area contributed by atoms with Crippen LogP contribution in [-0.2, 0) is 4.74 Å². The second-order valence-electron chi connectivity index (χ2n) is 6.74. The molecule has 146 valence electrons. The van der Waals surface area contributed by atoms with Crippen molar-refractivity contribution in [3.8, 4) is 5.69 Å². The van der Waals surface area contributed by atoms with E-state index in [4.69, 9.17) is 9.72 Å². The van der Waals surface area contributed by atoms with Crippen molar-refractivity contribution in [1.82, 2.24) is 14.8 Å². The number of para-hydroxylation sites is 1. The summed E-state index contributed by atoms with van der Waals surface area (Å²) in [4.78, 5) is 19.6. The molecule has 0 atom stereocenters. The molecule has 5 rings (SSSR count). The number of aromatic nitrogens is 3. The van der Waals surface area contributed by atoms with Crippen molar-refractivity contribution in [3.05, 3.63) is 66.5 Å². The molecule has 1 amide bonds. The van der Waals surface area contributed by atoms with E-state index in [1.165, 1.54) is 0 Å². The summed E-state index contributed by atoms with van der Waals surface area (Å²) in [6.07, 6.45) is 3.30. The van der Waals surface area contributed by atoms with E-state index in [2.05, 4.69) is 15.3 Å². The maximum atomic E-state index is 12.6. The second-order valence-corrected chi connectivity index (χ2v) is 7.75. The maximum Gasteiger partial charge on any atom is 0.258 e. The summed E-state index contributed by atoms with van der Waals surface area (Å²) in [6.45, 7) is 3.17. The monoisotopic (exact) mass is 405 g/mol. The molecule has 0 unspecified atom stereocenters. The number of nitrogens with zero attached hydrogens (tertiary/aromatic N) is 4. The lowest BCUT2D eigenvalue weighted by Crippen LogP contribution is -2.36. The van der Waals surface area contributed by atoms with Crippen LogP contribution in [0.4, 0.5) is 10.8 Å². The Morgan fingerprint density at radius 2 is 1.93 bits per heavy atom. The number of carbonyl (C=O) groups is 1. The van der Waals surface area contributed by atoms with Crippen molar-refractivity contribution in [2.75, 3.05) is 36.5 Å². The summed E-state index contributed by atoms with van der Waals surface area (Å²) in [5.41, 5.74) is 3.10. The van der Waals surface area contributed by atoms with E-state index in [-0.39, 0.29) is 5.91 Å². The van der Waals surface area contributed by atoms with Gasteiger partial charge in [0.05, 0.1) is 40.9 Å². The van der Waals surface area contributed by atoms with Gasteiger partial charge in [-0.15, -0.1) is 0 Å². The molecule has 0 radical (unpaired) electrons. The Kier molecular flexibility index (Phi) is 4.71. The lowest BCUT2D eigenvalue weighted by Gasteiger charge is -2.25. The Bertz CT molecular complexity index is 1150. The number of thiazole rings is 1. The van der Waals surface area contributed by atoms with Crippen LogP contribution in [0.3, 0.4) is 0 Å². The van der Waals surface area contributed by atoms with Crippen LogP contribution in [-0.4, -0.2) is 47.0 Å². The van der Waals surface area contributed by atoms with E-state index < -0.39 is 0 Å². The third-order valence-corrected chi connectivity index (χ3v) is 5.86. The minimum absolute atomic E-state index is 0.190. The molecule has 2 aromatic heterocycles. The third kappa shape index (κ3) is 3.72. The van der Waals surface area contributed by atoms with Crippen molar-refractivity contribution in [2.45, 2.75) is 0 Å².